The second-order valence-corrected chi connectivity index (χ2v) is 4.57. The maximum atomic E-state index is 12.1. The lowest BCUT2D eigenvalue weighted by atomic mass is 10.2. The molecule has 0 radical (unpaired) electrons. The Morgan fingerprint density at radius 2 is 2.28 bits per heavy atom. The third-order valence-corrected chi connectivity index (χ3v) is 3.24. The number of amides is 1. The van der Waals surface area contributed by atoms with Gasteiger partial charge in [0.05, 0.1) is 17.9 Å². The van der Waals surface area contributed by atoms with Crippen molar-refractivity contribution in [1.82, 2.24) is 10.3 Å². The third-order valence-electron chi connectivity index (χ3n) is 2.53. The van der Waals surface area contributed by atoms with E-state index in [4.69, 9.17) is 4.42 Å². The van der Waals surface area contributed by atoms with E-state index in [0.29, 0.717) is 5.56 Å². The highest BCUT2D eigenvalue weighted by atomic mass is 32.2. The molecule has 0 fully saturated rings. The van der Waals surface area contributed by atoms with E-state index in [-0.39, 0.29) is 11.9 Å². The minimum Gasteiger partial charge on any atom is -0.467 e. The summed E-state index contributed by atoms with van der Waals surface area (Å²) in [6, 6.07) is 7.00. The first-order valence-corrected chi connectivity index (χ1v) is 6.78. The van der Waals surface area contributed by atoms with E-state index in [9.17, 15) is 4.79 Å². The van der Waals surface area contributed by atoms with E-state index < -0.39 is 0 Å². The second kappa shape index (κ2) is 5.73. The molecule has 0 bridgehead atoms. The third kappa shape index (κ3) is 2.73. The van der Waals surface area contributed by atoms with E-state index in [1.165, 1.54) is 11.8 Å². The molecule has 0 aromatic carbocycles. The average molecular weight is 262 g/mol. The van der Waals surface area contributed by atoms with Crippen LogP contribution >= 0.6 is 11.8 Å². The minimum atomic E-state index is -0.164. The van der Waals surface area contributed by atoms with Crippen molar-refractivity contribution in [1.29, 1.82) is 0 Å². The SMILES string of the molecule is CSc1ncccc1C(=O)NC(C)c1ccco1. The van der Waals surface area contributed by atoms with Crippen molar-refractivity contribution in [2.75, 3.05) is 6.26 Å². The molecule has 0 aliphatic rings. The maximum Gasteiger partial charge on any atom is 0.254 e. The number of furan rings is 1. The van der Waals surface area contributed by atoms with Crippen molar-refractivity contribution < 1.29 is 9.21 Å². The van der Waals surface area contributed by atoms with Crippen molar-refractivity contribution in [3.05, 3.63) is 48.0 Å². The molecule has 2 aromatic heterocycles. The Bertz CT molecular complexity index is 526. The van der Waals surface area contributed by atoms with Crippen LogP contribution in [0.25, 0.3) is 0 Å². The molecular formula is C13H14N2O2S. The molecule has 2 aromatic rings. The molecule has 4 nitrogen and oxygen atoms in total. The molecule has 0 aliphatic carbocycles. The summed E-state index contributed by atoms with van der Waals surface area (Å²) in [4.78, 5) is 16.3. The first-order valence-electron chi connectivity index (χ1n) is 5.55. The van der Waals surface area contributed by atoms with Crippen molar-refractivity contribution in [3.8, 4) is 0 Å². The summed E-state index contributed by atoms with van der Waals surface area (Å²) < 4.78 is 5.25. The molecule has 0 saturated carbocycles. The van der Waals surface area contributed by atoms with Gasteiger partial charge in [-0.15, -0.1) is 11.8 Å². The Balaban J connectivity index is 2.12. The van der Waals surface area contributed by atoms with Crippen molar-refractivity contribution in [2.45, 2.75) is 18.0 Å². The van der Waals surface area contributed by atoms with Gasteiger partial charge in [-0.1, -0.05) is 0 Å². The van der Waals surface area contributed by atoms with Crippen molar-refractivity contribution in [3.63, 3.8) is 0 Å². The van der Waals surface area contributed by atoms with Crippen LogP contribution in [-0.4, -0.2) is 17.1 Å². The van der Waals surface area contributed by atoms with Gasteiger partial charge in [-0.05, 0) is 37.4 Å². The lowest BCUT2D eigenvalue weighted by Gasteiger charge is -2.12. The Labute approximate surface area is 110 Å². The Morgan fingerprint density at radius 3 is 2.94 bits per heavy atom. The van der Waals surface area contributed by atoms with Gasteiger partial charge in [0.1, 0.15) is 10.8 Å². The first kappa shape index (κ1) is 12.7. The zero-order chi connectivity index (χ0) is 13.0. The van der Waals surface area contributed by atoms with Crippen LogP contribution in [0.4, 0.5) is 0 Å². The number of aromatic nitrogens is 1. The maximum absolute atomic E-state index is 12.1. The molecule has 0 saturated heterocycles. The summed E-state index contributed by atoms with van der Waals surface area (Å²) in [7, 11) is 0. The topological polar surface area (TPSA) is 55.1 Å². The van der Waals surface area contributed by atoms with Gasteiger partial charge in [-0.2, -0.15) is 0 Å². The number of nitrogens with zero attached hydrogens (tertiary/aromatic N) is 1. The van der Waals surface area contributed by atoms with Gasteiger partial charge in [-0.3, -0.25) is 4.79 Å². The van der Waals surface area contributed by atoms with E-state index in [1.54, 1.807) is 30.7 Å². The zero-order valence-electron chi connectivity index (χ0n) is 10.2. The lowest BCUT2D eigenvalue weighted by Crippen LogP contribution is -2.27. The molecule has 0 aliphatic heterocycles. The number of rotatable bonds is 4. The first-order chi connectivity index (χ1) is 8.72. The molecule has 1 atom stereocenters. The summed E-state index contributed by atoms with van der Waals surface area (Å²) >= 11 is 1.45. The van der Waals surface area contributed by atoms with Gasteiger partial charge in [0.25, 0.3) is 5.91 Å². The fourth-order valence-electron chi connectivity index (χ4n) is 1.61. The van der Waals surface area contributed by atoms with E-state index in [0.717, 1.165) is 10.8 Å². The smallest absolute Gasteiger partial charge is 0.254 e. The molecular weight excluding hydrogens is 248 g/mol. The normalized spacial score (nSPS) is 12.1. The summed E-state index contributed by atoms with van der Waals surface area (Å²) in [5.41, 5.74) is 0.586. The summed E-state index contributed by atoms with van der Waals surface area (Å²) in [6.07, 6.45) is 5.17. The van der Waals surface area contributed by atoms with Crippen LogP contribution in [0.5, 0.6) is 0 Å². The number of carbonyl (C=O) groups excluding carboxylic acids is 1. The second-order valence-electron chi connectivity index (χ2n) is 3.77. The number of thioether (sulfide) groups is 1. The Morgan fingerprint density at radius 1 is 1.44 bits per heavy atom. The standard InChI is InChI=1S/C13H14N2O2S/c1-9(11-6-4-8-17-11)15-12(16)10-5-3-7-14-13(10)18-2/h3-9H,1-2H3,(H,15,16). The highest BCUT2D eigenvalue weighted by Gasteiger charge is 2.16. The number of pyridine rings is 1. The van der Waals surface area contributed by atoms with Crippen LogP contribution in [0.3, 0.4) is 0 Å². The van der Waals surface area contributed by atoms with Gasteiger partial charge in [0.15, 0.2) is 0 Å². The highest BCUT2D eigenvalue weighted by molar-refractivity contribution is 7.98. The summed E-state index contributed by atoms with van der Waals surface area (Å²) in [5, 5.41) is 3.61. The predicted molar refractivity (Wildman–Crippen MR) is 70.6 cm³/mol. The molecule has 1 amide bonds. The van der Waals surface area contributed by atoms with Crippen LogP contribution in [0, 0.1) is 0 Å². The molecule has 1 unspecified atom stereocenters. The highest BCUT2D eigenvalue weighted by Crippen LogP contribution is 2.18. The van der Waals surface area contributed by atoms with E-state index >= 15 is 0 Å². The molecule has 2 rings (SSSR count). The number of nitrogens with one attached hydrogen (secondary N) is 1. The van der Waals surface area contributed by atoms with Gasteiger partial charge < -0.3 is 9.73 Å². The van der Waals surface area contributed by atoms with E-state index in [2.05, 4.69) is 10.3 Å². The number of carbonyl (C=O) groups is 1. The fourth-order valence-corrected chi connectivity index (χ4v) is 2.16. The monoisotopic (exact) mass is 262 g/mol. The summed E-state index contributed by atoms with van der Waals surface area (Å²) in [6.45, 7) is 1.88. The van der Waals surface area contributed by atoms with Gasteiger partial charge >= 0.3 is 0 Å². The quantitative estimate of drug-likeness (QED) is 0.861. The molecule has 1 N–H and O–H groups in total. The summed E-state index contributed by atoms with van der Waals surface area (Å²) in [5.74, 6) is 0.592. The lowest BCUT2D eigenvalue weighted by molar-refractivity contribution is 0.0931. The van der Waals surface area contributed by atoms with Gasteiger partial charge in [0, 0.05) is 6.20 Å². The molecule has 2 heterocycles. The van der Waals surface area contributed by atoms with Crippen molar-refractivity contribution >= 4 is 17.7 Å². The largest absolute Gasteiger partial charge is 0.467 e. The molecule has 94 valence electrons. The van der Waals surface area contributed by atoms with Crippen molar-refractivity contribution in [2.24, 2.45) is 0 Å². The Hall–Kier alpha value is -1.75. The minimum absolute atomic E-state index is 0.142. The number of hydrogen-bond acceptors (Lipinski definition) is 4. The molecule has 0 spiro atoms. The molecule has 18 heavy (non-hydrogen) atoms. The zero-order valence-corrected chi connectivity index (χ0v) is 11.0. The number of hydrogen-bond donors (Lipinski definition) is 1. The van der Waals surface area contributed by atoms with Crippen LogP contribution in [-0.2, 0) is 0 Å². The predicted octanol–water partition coefficient (Wildman–Crippen LogP) is 2.89. The van der Waals surface area contributed by atoms with Gasteiger partial charge in [-0.25, -0.2) is 4.98 Å². The van der Waals surface area contributed by atoms with Crippen LogP contribution in [0.15, 0.2) is 46.2 Å². The average Bonchev–Trinajstić information content (AvgIpc) is 2.92. The van der Waals surface area contributed by atoms with Crippen LogP contribution < -0.4 is 5.32 Å². The van der Waals surface area contributed by atoms with Crippen LogP contribution in [0.2, 0.25) is 0 Å². The van der Waals surface area contributed by atoms with Gasteiger partial charge in [0.2, 0.25) is 0 Å². The van der Waals surface area contributed by atoms with Crippen LogP contribution in [0.1, 0.15) is 29.1 Å². The molecule has 5 heteroatoms. The Kier molecular flexibility index (Phi) is 4.04. The van der Waals surface area contributed by atoms with E-state index in [1.807, 2.05) is 19.2 Å². The fraction of sp³-hybridized carbons (Fsp3) is 0.231.